The van der Waals surface area contributed by atoms with Crippen LogP contribution in [0.1, 0.15) is 17.1 Å². The van der Waals surface area contributed by atoms with Gasteiger partial charge in [0, 0.05) is 5.69 Å². The van der Waals surface area contributed by atoms with E-state index in [9.17, 15) is 0 Å². The van der Waals surface area contributed by atoms with E-state index in [2.05, 4.69) is 16.1 Å². The molecule has 3 nitrogen and oxygen atoms in total. The van der Waals surface area contributed by atoms with E-state index in [1.807, 2.05) is 24.4 Å². The number of pyridine rings is 1. The highest BCUT2D eigenvalue weighted by Gasteiger charge is 2.04. The summed E-state index contributed by atoms with van der Waals surface area (Å²) in [5.41, 5.74) is 3.14. The first-order valence-electron chi connectivity index (χ1n) is 4.09. The number of hydrogen-bond donors (Lipinski definition) is 0. The van der Waals surface area contributed by atoms with Gasteiger partial charge in [-0.25, -0.2) is 9.50 Å². The number of hydrogen-bond acceptors (Lipinski definition) is 2. The average molecular weight is 196 g/mol. The lowest BCUT2D eigenvalue weighted by Gasteiger charge is -1.98. The molecule has 0 N–H and O–H groups in total. The van der Waals surface area contributed by atoms with Gasteiger partial charge in [0.05, 0.1) is 5.88 Å². The Morgan fingerprint density at radius 2 is 2.15 bits per heavy atom. The number of alkyl halides is 1. The van der Waals surface area contributed by atoms with E-state index in [-0.39, 0.29) is 0 Å². The van der Waals surface area contributed by atoms with Crippen LogP contribution in [-0.2, 0) is 5.88 Å². The van der Waals surface area contributed by atoms with E-state index in [0.717, 1.165) is 11.3 Å². The zero-order valence-corrected chi connectivity index (χ0v) is 8.34. The standard InChI is InChI=1S/C9H10ClN3/c1-6-3-7(2)13-9(4-6)11-8(5-10)12-13/h3-4H,5H2,1-2H3. The van der Waals surface area contributed by atoms with Gasteiger partial charge in [0.1, 0.15) is 0 Å². The fourth-order valence-corrected chi connectivity index (χ4v) is 1.53. The van der Waals surface area contributed by atoms with Crippen molar-refractivity contribution in [3.8, 4) is 0 Å². The van der Waals surface area contributed by atoms with Crippen LogP contribution in [0.4, 0.5) is 0 Å². The van der Waals surface area contributed by atoms with E-state index in [4.69, 9.17) is 11.6 Å². The summed E-state index contributed by atoms with van der Waals surface area (Å²) in [6, 6.07) is 4.07. The van der Waals surface area contributed by atoms with Crippen molar-refractivity contribution in [2.75, 3.05) is 0 Å². The van der Waals surface area contributed by atoms with Crippen molar-refractivity contribution < 1.29 is 0 Å². The molecule has 0 fully saturated rings. The highest BCUT2D eigenvalue weighted by Crippen LogP contribution is 2.09. The number of aromatic nitrogens is 3. The van der Waals surface area contributed by atoms with Gasteiger partial charge in [-0.05, 0) is 31.5 Å². The molecule has 0 saturated carbocycles. The first kappa shape index (κ1) is 8.51. The number of fused-ring (bicyclic) bond motifs is 1. The van der Waals surface area contributed by atoms with Crippen LogP contribution < -0.4 is 0 Å². The molecule has 2 aromatic rings. The molecular weight excluding hydrogens is 186 g/mol. The number of rotatable bonds is 1. The van der Waals surface area contributed by atoms with Gasteiger partial charge in [-0.15, -0.1) is 16.7 Å². The van der Waals surface area contributed by atoms with Crippen molar-refractivity contribution in [2.24, 2.45) is 0 Å². The van der Waals surface area contributed by atoms with Gasteiger partial charge in [0.25, 0.3) is 0 Å². The molecule has 0 bridgehead atoms. The van der Waals surface area contributed by atoms with E-state index in [1.165, 1.54) is 5.56 Å². The van der Waals surface area contributed by atoms with Gasteiger partial charge in [0.15, 0.2) is 11.5 Å². The minimum absolute atomic E-state index is 0.361. The molecule has 13 heavy (non-hydrogen) atoms. The third-order valence-corrected chi connectivity index (χ3v) is 2.16. The number of halogens is 1. The molecule has 68 valence electrons. The maximum Gasteiger partial charge on any atom is 0.166 e. The molecule has 2 heterocycles. The largest absolute Gasteiger partial charge is 0.218 e. The monoisotopic (exact) mass is 195 g/mol. The smallest absolute Gasteiger partial charge is 0.166 e. The first-order chi connectivity index (χ1) is 6.20. The van der Waals surface area contributed by atoms with Gasteiger partial charge in [-0.2, -0.15) is 0 Å². The molecule has 0 radical (unpaired) electrons. The fraction of sp³-hybridized carbons (Fsp3) is 0.333. The minimum Gasteiger partial charge on any atom is -0.218 e. The van der Waals surface area contributed by atoms with Crippen LogP contribution in [0, 0.1) is 13.8 Å². The average Bonchev–Trinajstić information content (AvgIpc) is 2.47. The number of aryl methyl sites for hydroxylation is 2. The van der Waals surface area contributed by atoms with E-state index in [1.54, 1.807) is 0 Å². The van der Waals surface area contributed by atoms with Gasteiger partial charge < -0.3 is 0 Å². The van der Waals surface area contributed by atoms with Crippen LogP contribution >= 0.6 is 11.6 Å². The zero-order chi connectivity index (χ0) is 9.42. The minimum atomic E-state index is 0.361. The Balaban J connectivity index is 2.75. The Hall–Kier alpha value is -1.09. The van der Waals surface area contributed by atoms with Gasteiger partial charge in [-0.1, -0.05) is 0 Å². The summed E-state index contributed by atoms with van der Waals surface area (Å²) in [5, 5.41) is 4.25. The Morgan fingerprint density at radius 3 is 2.85 bits per heavy atom. The molecule has 0 aliphatic rings. The van der Waals surface area contributed by atoms with Crippen molar-refractivity contribution in [2.45, 2.75) is 19.7 Å². The zero-order valence-electron chi connectivity index (χ0n) is 7.58. The molecule has 0 aliphatic heterocycles. The summed E-state index contributed by atoms with van der Waals surface area (Å²) >= 11 is 5.65. The molecule has 0 aliphatic carbocycles. The summed E-state index contributed by atoms with van der Waals surface area (Å²) in [6.45, 7) is 4.05. The lowest BCUT2D eigenvalue weighted by molar-refractivity contribution is 0.884. The summed E-state index contributed by atoms with van der Waals surface area (Å²) in [7, 11) is 0. The molecule has 0 amide bonds. The van der Waals surface area contributed by atoms with Gasteiger partial charge in [-0.3, -0.25) is 0 Å². The summed E-state index contributed by atoms with van der Waals surface area (Å²) in [4.78, 5) is 4.27. The van der Waals surface area contributed by atoms with Crippen LogP contribution in [0.15, 0.2) is 12.1 Å². The maximum atomic E-state index is 5.65. The first-order valence-corrected chi connectivity index (χ1v) is 4.63. The fourth-order valence-electron chi connectivity index (χ4n) is 1.41. The Morgan fingerprint density at radius 1 is 1.38 bits per heavy atom. The van der Waals surface area contributed by atoms with Crippen molar-refractivity contribution in [1.29, 1.82) is 0 Å². The third-order valence-electron chi connectivity index (χ3n) is 1.92. The predicted octanol–water partition coefficient (Wildman–Crippen LogP) is 2.08. The van der Waals surface area contributed by atoms with Crippen LogP contribution in [0.3, 0.4) is 0 Å². The normalized spacial score (nSPS) is 11.0. The van der Waals surface area contributed by atoms with Gasteiger partial charge >= 0.3 is 0 Å². The Labute approximate surface area is 81.4 Å². The Bertz CT molecular complexity index is 447. The van der Waals surface area contributed by atoms with Crippen LogP contribution in [-0.4, -0.2) is 14.6 Å². The molecule has 2 rings (SSSR count). The summed E-state index contributed by atoms with van der Waals surface area (Å²) in [6.07, 6.45) is 0. The SMILES string of the molecule is Cc1cc(C)n2nc(CCl)nc2c1. The lowest BCUT2D eigenvalue weighted by Crippen LogP contribution is -1.94. The molecule has 0 spiro atoms. The van der Waals surface area contributed by atoms with Crippen molar-refractivity contribution in [3.63, 3.8) is 0 Å². The molecule has 0 saturated heterocycles. The molecule has 4 heteroatoms. The molecular formula is C9H10ClN3. The predicted molar refractivity (Wildman–Crippen MR) is 52.0 cm³/mol. The van der Waals surface area contributed by atoms with Crippen LogP contribution in [0.2, 0.25) is 0 Å². The van der Waals surface area contributed by atoms with Crippen molar-refractivity contribution in [3.05, 3.63) is 29.2 Å². The van der Waals surface area contributed by atoms with E-state index >= 15 is 0 Å². The topological polar surface area (TPSA) is 30.2 Å². The Kier molecular flexibility index (Phi) is 1.96. The summed E-state index contributed by atoms with van der Waals surface area (Å²) < 4.78 is 1.81. The third kappa shape index (κ3) is 1.40. The van der Waals surface area contributed by atoms with E-state index in [0.29, 0.717) is 11.7 Å². The maximum absolute atomic E-state index is 5.65. The van der Waals surface area contributed by atoms with Crippen LogP contribution in [0.25, 0.3) is 5.65 Å². The highest BCUT2D eigenvalue weighted by atomic mass is 35.5. The van der Waals surface area contributed by atoms with Gasteiger partial charge in [0.2, 0.25) is 0 Å². The molecule has 0 aromatic carbocycles. The highest BCUT2D eigenvalue weighted by molar-refractivity contribution is 6.16. The second-order valence-corrected chi connectivity index (χ2v) is 3.37. The molecule has 2 aromatic heterocycles. The summed E-state index contributed by atoms with van der Waals surface area (Å²) in [5.74, 6) is 1.04. The van der Waals surface area contributed by atoms with Crippen LogP contribution in [0.5, 0.6) is 0 Å². The second kappa shape index (κ2) is 3.00. The van der Waals surface area contributed by atoms with Crippen molar-refractivity contribution in [1.82, 2.24) is 14.6 Å². The molecule has 0 atom stereocenters. The number of nitrogens with zero attached hydrogens (tertiary/aromatic N) is 3. The second-order valence-electron chi connectivity index (χ2n) is 3.11. The lowest BCUT2D eigenvalue weighted by atomic mass is 10.2. The quantitative estimate of drug-likeness (QED) is 0.653. The van der Waals surface area contributed by atoms with E-state index < -0.39 is 0 Å². The molecule has 0 unspecified atom stereocenters. The van der Waals surface area contributed by atoms with Crippen molar-refractivity contribution >= 4 is 17.2 Å².